The summed E-state index contributed by atoms with van der Waals surface area (Å²) in [5.74, 6) is -1.50. The SMILES string of the molecule is COc1ccc(C)cc1C(=O)Cc1c(F)ccc(Br)c1F. The molecule has 2 rings (SSSR count). The third-order valence-electron chi connectivity index (χ3n) is 3.13. The van der Waals surface area contributed by atoms with Gasteiger partial charge in [0.1, 0.15) is 17.4 Å². The maximum absolute atomic E-state index is 13.9. The third kappa shape index (κ3) is 3.29. The van der Waals surface area contributed by atoms with Gasteiger partial charge in [-0.25, -0.2) is 8.78 Å². The van der Waals surface area contributed by atoms with Crippen molar-refractivity contribution in [3.8, 4) is 5.75 Å². The van der Waals surface area contributed by atoms with Crippen molar-refractivity contribution >= 4 is 21.7 Å². The van der Waals surface area contributed by atoms with Gasteiger partial charge in [0, 0.05) is 12.0 Å². The smallest absolute Gasteiger partial charge is 0.171 e. The summed E-state index contributed by atoms with van der Waals surface area (Å²) in [6.45, 7) is 1.83. The molecular formula is C16H13BrF2O2. The van der Waals surface area contributed by atoms with Gasteiger partial charge < -0.3 is 4.74 Å². The van der Waals surface area contributed by atoms with E-state index in [1.165, 1.54) is 13.2 Å². The van der Waals surface area contributed by atoms with Crippen molar-refractivity contribution in [2.45, 2.75) is 13.3 Å². The fourth-order valence-corrected chi connectivity index (χ4v) is 2.40. The van der Waals surface area contributed by atoms with Crippen LogP contribution in [0.4, 0.5) is 8.78 Å². The Balaban J connectivity index is 2.39. The highest BCUT2D eigenvalue weighted by atomic mass is 79.9. The Morgan fingerprint density at radius 3 is 2.62 bits per heavy atom. The number of methoxy groups -OCH3 is 1. The van der Waals surface area contributed by atoms with Crippen molar-refractivity contribution < 1.29 is 18.3 Å². The summed E-state index contributed by atoms with van der Waals surface area (Å²) in [6, 6.07) is 7.51. The Labute approximate surface area is 129 Å². The molecule has 0 saturated carbocycles. The molecule has 0 amide bonds. The lowest BCUT2D eigenvalue weighted by Crippen LogP contribution is -2.09. The Kier molecular flexibility index (Phi) is 4.73. The van der Waals surface area contributed by atoms with E-state index in [0.717, 1.165) is 11.6 Å². The maximum Gasteiger partial charge on any atom is 0.171 e. The zero-order valence-corrected chi connectivity index (χ0v) is 13.1. The van der Waals surface area contributed by atoms with Crippen molar-refractivity contribution in [3.05, 3.63) is 63.1 Å². The van der Waals surface area contributed by atoms with Crippen LogP contribution < -0.4 is 4.74 Å². The lowest BCUT2D eigenvalue weighted by molar-refractivity contribution is 0.0987. The van der Waals surface area contributed by atoms with Gasteiger partial charge in [-0.15, -0.1) is 0 Å². The predicted octanol–water partition coefficient (Wildman–Crippen LogP) is 4.47. The lowest BCUT2D eigenvalue weighted by atomic mass is 10.00. The van der Waals surface area contributed by atoms with Crippen LogP contribution in [0.5, 0.6) is 5.75 Å². The first-order chi connectivity index (χ1) is 9.93. The normalized spacial score (nSPS) is 10.5. The predicted molar refractivity (Wildman–Crippen MR) is 79.8 cm³/mol. The fraction of sp³-hybridized carbons (Fsp3) is 0.188. The van der Waals surface area contributed by atoms with Crippen molar-refractivity contribution in [1.82, 2.24) is 0 Å². The quantitative estimate of drug-likeness (QED) is 0.598. The van der Waals surface area contributed by atoms with Crippen LogP contribution in [0.2, 0.25) is 0 Å². The first-order valence-electron chi connectivity index (χ1n) is 6.24. The number of carbonyl (C=O) groups is 1. The van der Waals surface area contributed by atoms with E-state index in [1.807, 2.05) is 6.92 Å². The minimum Gasteiger partial charge on any atom is -0.496 e. The lowest BCUT2D eigenvalue weighted by Gasteiger charge is -2.10. The number of Topliss-reactive ketones (excluding diaryl/α,β-unsaturated/α-hetero) is 1. The highest BCUT2D eigenvalue weighted by Crippen LogP contribution is 2.26. The molecule has 0 unspecified atom stereocenters. The highest BCUT2D eigenvalue weighted by Gasteiger charge is 2.19. The number of carbonyl (C=O) groups excluding carboxylic acids is 1. The largest absolute Gasteiger partial charge is 0.496 e. The van der Waals surface area contributed by atoms with E-state index < -0.39 is 17.4 Å². The number of hydrogen-bond donors (Lipinski definition) is 0. The molecule has 0 bridgehead atoms. The van der Waals surface area contributed by atoms with Crippen LogP contribution in [-0.2, 0) is 6.42 Å². The summed E-state index contributed by atoms with van der Waals surface area (Å²) >= 11 is 2.99. The van der Waals surface area contributed by atoms with E-state index in [1.54, 1.807) is 18.2 Å². The van der Waals surface area contributed by atoms with Gasteiger partial charge in [-0.3, -0.25) is 4.79 Å². The third-order valence-corrected chi connectivity index (χ3v) is 3.74. The molecule has 0 radical (unpaired) electrons. The summed E-state index contributed by atoms with van der Waals surface area (Å²) in [5.41, 5.74) is 0.934. The molecular weight excluding hydrogens is 342 g/mol. The minimum absolute atomic E-state index is 0.128. The van der Waals surface area contributed by atoms with E-state index in [-0.39, 0.29) is 16.5 Å². The van der Waals surface area contributed by atoms with Crippen LogP contribution in [0.15, 0.2) is 34.8 Å². The molecule has 2 aromatic rings. The zero-order chi connectivity index (χ0) is 15.6. The average Bonchev–Trinajstić information content (AvgIpc) is 2.47. The van der Waals surface area contributed by atoms with Crippen LogP contribution in [0, 0.1) is 18.6 Å². The number of ketones is 1. The Bertz CT molecular complexity index is 699. The second-order valence-electron chi connectivity index (χ2n) is 4.63. The van der Waals surface area contributed by atoms with E-state index >= 15 is 0 Å². The molecule has 2 aromatic carbocycles. The van der Waals surface area contributed by atoms with Crippen molar-refractivity contribution in [2.75, 3.05) is 7.11 Å². The summed E-state index contributed by atoms with van der Waals surface area (Å²) < 4.78 is 32.9. The molecule has 0 aromatic heterocycles. The highest BCUT2D eigenvalue weighted by molar-refractivity contribution is 9.10. The van der Waals surface area contributed by atoms with E-state index in [2.05, 4.69) is 15.9 Å². The monoisotopic (exact) mass is 354 g/mol. The zero-order valence-electron chi connectivity index (χ0n) is 11.5. The molecule has 0 N–H and O–H groups in total. The number of ether oxygens (including phenoxy) is 1. The van der Waals surface area contributed by atoms with Crippen LogP contribution >= 0.6 is 15.9 Å². The minimum atomic E-state index is -0.755. The summed E-state index contributed by atoms with van der Waals surface area (Å²) in [5, 5.41) is 0. The fourth-order valence-electron chi connectivity index (χ4n) is 2.03. The van der Waals surface area contributed by atoms with Crippen LogP contribution in [0.25, 0.3) is 0 Å². The average molecular weight is 355 g/mol. The summed E-state index contributed by atoms with van der Waals surface area (Å²) in [6.07, 6.45) is -0.364. The molecule has 0 aliphatic heterocycles. The van der Waals surface area contributed by atoms with Gasteiger partial charge in [0.05, 0.1) is 17.1 Å². The second-order valence-corrected chi connectivity index (χ2v) is 5.48. The van der Waals surface area contributed by atoms with E-state index in [4.69, 9.17) is 4.74 Å². The van der Waals surface area contributed by atoms with Crippen molar-refractivity contribution in [3.63, 3.8) is 0 Å². The Hall–Kier alpha value is -1.75. The van der Waals surface area contributed by atoms with E-state index in [0.29, 0.717) is 11.3 Å². The molecule has 0 saturated heterocycles. The van der Waals surface area contributed by atoms with Gasteiger partial charge in [0.25, 0.3) is 0 Å². The maximum atomic E-state index is 13.9. The Morgan fingerprint density at radius 2 is 1.95 bits per heavy atom. The Morgan fingerprint density at radius 1 is 1.24 bits per heavy atom. The van der Waals surface area contributed by atoms with Crippen LogP contribution in [-0.4, -0.2) is 12.9 Å². The topological polar surface area (TPSA) is 26.3 Å². The van der Waals surface area contributed by atoms with Gasteiger partial charge in [-0.05, 0) is 47.1 Å². The molecule has 0 aliphatic rings. The number of hydrogen-bond acceptors (Lipinski definition) is 2. The van der Waals surface area contributed by atoms with Crippen molar-refractivity contribution in [1.29, 1.82) is 0 Å². The molecule has 21 heavy (non-hydrogen) atoms. The van der Waals surface area contributed by atoms with E-state index in [9.17, 15) is 13.6 Å². The van der Waals surface area contributed by atoms with Gasteiger partial charge >= 0.3 is 0 Å². The number of rotatable bonds is 4. The number of aryl methyl sites for hydroxylation is 1. The van der Waals surface area contributed by atoms with Gasteiger partial charge in [-0.2, -0.15) is 0 Å². The standard InChI is InChI=1S/C16H13BrF2O2/c1-9-3-6-15(21-2)11(7-9)14(20)8-10-13(18)5-4-12(17)16(10)19/h3-7H,8H2,1-2H3. The second kappa shape index (κ2) is 6.35. The first-order valence-corrected chi connectivity index (χ1v) is 7.03. The molecule has 0 spiro atoms. The first kappa shape index (κ1) is 15.6. The molecule has 0 aliphatic carbocycles. The molecule has 0 atom stereocenters. The summed E-state index contributed by atoms with van der Waals surface area (Å²) in [4.78, 5) is 12.3. The number of halogens is 3. The number of benzene rings is 2. The molecule has 110 valence electrons. The van der Waals surface area contributed by atoms with Gasteiger partial charge in [0.2, 0.25) is 0 Å². The molecule has 2 nitrogen and oxygen atoms in total. The van der Waals surface area contributed by atoms with Crippen LogP contribution in [0.1, 0.15) is 21.5 Å². The summed E-state index contributed by atoms with van der Waals surface area (Å²) in [7, 11) is 1.45. The molecule has 5 heteroatoms. The molecule has 0 fully saturated rings. The van der Waals surface area contributed by atoms with Crippen LogP contribution in [0.3, 0.4) is 0 Å². The molecule has 0 heterocycles. The van der Waals surface area contributed by atoms with Gasteiger partial charge in [0.15, 0.2) is 5.78 Å². The van der Waals surface area contributed by atoms with Crippen molar-refractivity contribution in [2.24, 2.45) is 0 Å². The van der Waals surface area contributed by atoms with Gasteiger partial charge in [-0.1, -0.05) is 11.6 Å².